The number of likely N-dealkylation sites (N-methyl/N-ethyl adjacent to an activating group) is 1. The van der Waals surface area contributed by atoms with Gasteiger partial charge in [-0.15, -0.1) is 11.3 Å². The maximum atomic E-state index is 13.2. The summed E-state index contributed by atoms with van der Waals surface area (Å²) in [4.78, 5) is 1.48. The number of hydrogen-bond acceptors (Lipinski definition) is 3. The van der Waals surface area contributed by atoms with Crippen molar-refractivity contribution in [2.45, 2.75) is 29.5 Å². The standard InChI is InChI=1S/C17H20N2O2S2/c1-12-5-6-15-13(10-12)14-11-18(2)8-7-16(14)19(15)23(20,21)17-4-3-9-22-17/h3-6,9-10,14,16H,7-8,11H2,1-2H3/p+1/t14-,16-/m0/s1. The van der Waals surface area contributed by atoms with Gasteiger partial charge in [-0.05, 0) is 30.0 Å². The minimum Gasteiger partial charge on any atom is -0.337 e. The number of nitrogens with one attached hydrogen (secondary N) is 1. The largest absolute Gasteiger partial charge is 0.337 e. The predicted molar refractivity (Wildman–Crippen MR) is 92.9 cm³/mol. The summed E-state index contributed by atoms with van der Waals surface area (Å²) in [5, 5.41) is 1.83. The number of hydrogen-bond donors (Lipinski definition) is 1. The Kier molecular flexibility index (Phi) is 3.51. The molecule has 4 nitrogen and oxygen atoms in total. The zero-order valence-corrected chi connectivity index (χ0v) is 15.0. The number of piperidine rings is 1. The fourth-order valence-corrected chi connectivity index (χ4v) is 6.79. The Bertz CT molecular complexity index is 830. The Labute approximate surface area is 141 Å². The first kappa shape index (κ1) is 15.2. The molecule has 1 fully saturated rings. The van der Waals surface area contributed by atoms with Gasteiger partial charge in [0.2, 0.25) is 0 Å². The monoisotopic (exact) mass is 349 g/mol. The normalized spacial score (nSPS) is 26.9. The minimum atomic E-state index is -3.47. The highest BCUT2D eigenvalue weighted by atomic mass is 32.2. The topological polar surface area (TPSA) is 41.8 Å². The number of sulfonamides is 1. The average molecular weight is 350 g/mol. The molecule has 2 aliphatic rings. The Morgan fingerprint density at radius 2 is 2.13 bits per heavy atom. The minimum absolute atomic E-state index is 0.0580. The zero-order chi connectivity index (χ0) is 16.2. The Balaban J connectivity index is 1.87. The van der Waals surface area contributed by atoms with Crippen LogP contribution in [0.15, 0.2) is 39.9 Å². The van der Waals surface area contributed by atoms with Crippen molar-refractivity contribution in [1.82, 2.24) is 0 Å². The number of anilines is 1. The molecule has 2 aromatic rings. The number of fused-ring (bicyclic) bond motifs is 3. The van der Waals surface area contributed by atoms with E-state index < -0.39 is 10.0 Å². The van der Waals surface area contributed by atoms with E-state index in [9.17, 15) is 8.42 Å². The van der Waals surface area contributed by atoms with Gasteiger partial charge >= 0.3 is 0 Å². The quantitative estimate of drug-likeness (QED) is 0.896. The van der Waals surface area contributed by atoms with Crippen LogP contribution in [0.25, 0.3) is 0 Å². The molecule has 6 heteroatoms. The summed E-state index contributed by atoms with van der Waals surface area (Å²) in [5.74, 6) is 0.299. The van der Waals surface area contributed by atoms with Crippen LogP contribution < -0.4 is 9.21 Å². The molecule has 23 heavy (non-hydrogen) atoms. The van der Waals surface area contributed by atoms with Crippen molar-refractivity contribution in [1.29, 1.82) is 0 Å². The lowest BCUT2D eigenvalue weighted by Crippen LogP contribution is -3.11. The van der Waals surface area contributed by atoms with Gasteiger partial charge in [0.15, 0.2) is 0 Å². The fraction of sp³-hybridized carbons (Fsp3) is 0.412. The first-order valence-electron chi connectivity index (χ1n) is 7.98. The van der Waals surface area contributed by atoms with E-state index >= 15 is 0 Å². The van der Waals surface area contributed by atoms with Crippen LogP contribution in [0.2, 0.25) is 0 Å². The Morgan fingerprint density at radius 1 is 1.30 bits per heavy atom. The van der Waals surface area contributed by atoms with Crippen LogP contribution in [0.5, 0.6) is 0 Å². The van der Waals surface area contributed by atoms with E-state index in [4.69, 9.17) is 0 Å². The van der Waals surface area contributed by atoms with Gasteiger partial charge < -0.3 is 4.90 Å². The van der Waals surface area contributed by atoms with Crippen molar-refractivity contribution >= 4 is 27.0 Å². The second-order valence-corrected chi connectivity index (χ2v) is 9.66. The summed E-state index contributed by atoms with van der Waals surface area (Å²) in [6, 6.07) is 9.76. The van der Waals surface area contributed by atoms with Gasteiger partial charge in [-0.25, -0.2) is 8.42 Å². The Hall–Kier alpha value is -1.37. The molecule has 0 bridgehead atoms. The van der Waals surface area contributed by atoms with Crippen LogP contribution in [0.4, 0.5) is 5.69 Å². The van der Waals surface area contributed by atoms with E-state index in [1.165, 1.54) is 27.4 Å². The molecule has 2 aliphatic heterocycles. The number of likely N-dealkylation sites (tertiary alicyclic amines) is 1. The number of aryl methyl sites for hydroxylation is 1. The molecule has 0 saturated carbocycles. The highest BCUT2D eigenvalue weighted by Crippen LogP contribution is 2.46. The number of benzene rings is 1. The summed E-state index contributed by atoms with van der Waals surface area (Å²) in [6.45, 7) is 4.09. The summed E-state index contributed by atoms with van der Waals surface area (Å²) in [6.07, 6.45) is 0.912. The smallest absolute Gasteiger partial charge is 0.274 e. The van der Waals surface area contributed by atoms with E-state index in [1.807, 2.05) is 17.5 Å². The molecule has 4 rings (SSSR count). The highest BCUT2D eigenvalue weighted by molar-refractivity contribution is 7.94. The molecular formula is C17H21N2O2S2+. The van der Waals surface area contributed by atoms with E-state index in [1.54, 1.807) is 16.4 Å². The Morgan fingerprint density at radius 3 is 2.87 bits per heavy atom. The maximum Gasteiger partial charge on any atom is 0.274 e. The molecule has 3 atom stereocenters. The van der Waals surface area contributed by atoms with Crippen LogP contribution in [0, 0.1) is 6.92 Å². The van der Waals surface area contributed by atoms with Crippen LogP contribution in [0.3, 0.4) is 0 Å². The second kappa shape index (κ2) is 5.33. The molecular weight excluding hydrogens is 328 g/mol. The number of quaternary nitrogens is 1. The third-order valence-electron chi connectivity index (χ3n) is 5.03. The van der Waals surface area contributed by atoms with Crippen molar-refractivity contribution in [2.24, 2.45) is 0 Å². The molecule has 1 unspecified atom stereocenters. The number of rotatable bonds is 2. The number of nitrogens with zero attached hydrogens (tertiary/aromatic N) is 1. The van der Waals surface area contributed by atoms with Crippen molar-refractivity contribution < 1.29 is 13.3 Å². The second-order valence-electron chi connectivity index (χ2n) is 6.67. The summed E-state index contributed by atoms with van der Waals surface area (Å²) in [5.41, 5.74) is 3.28. The lowest BCUT2D eigenvalue weighted by molar-refractivity contribution is -0.886. The van der Waals surface area contributed by atoms with Gasteiger partial charge in [0.1, 0.15) is 4.21 Å². The van der Waals surface area contributed by atoms with Crippen LogP contribution in [0.1, 0.15) is 23.5 Å². The lowest BCUT2D eigenvalue weighted by Gasteiger charge is -2.34. The molecule has 0 amide bonds. The highest BCUT2D eigenvalue weighted by Gasteiger charge is 2.48. The molecule has 1 N–H and O–H groups in total. The summed E-state index contributed by atoms with van der Waals surface area (Å²) in [7, 11) is -1.27. The van der Waals surface area contributed by atoms with Gasteiger partial charge in [0.05, 0.1) is 37.8 Å². The molecule has 0 radical (unpaired) electrons. The van der Waals surface area contributed by atoms with Crippen LogP contribution in [-0.4, -0.2) is 34.6 Å². The third kappa shape index (κ3) is 2.31. The van der Waals surface area contributed by atoms with E-state index in [0.29, 0.717) is 10.1 Å². The van der Waals surface area contributed by atoms with E-state index in [2.05, 4.69) is 20.0 Å². The van der Waals surface area contributed by atoms with Crippen molar-refractivity contribution in [3.63, 3.8) is 0 Å². The van der Waals surface area contributed by atoms with Gasteiger partial charge in [-0.1, -0.05) is 23.8 Å². The van der Waals surface area contributed by atoms with Gasteiger partial charge in [-0.2, -0.15) is 0 Å². The molecule has 0 aliphatic carbocycles. The fourth-order valence-electron chi connectivity index (χ4n) is 3.97. The molecule has 3 heterocycles. The number of thiophene rings is 1. The third-order valence-corrected chi connectivity index (χ3v) is 8.24. The van der Waals surface area contributed by atoms with Gasteiger partial charge in [0.25, 0.3) is 10.0 Å². The van der Waals surface area contributed by atoms with E-state index in [0.717, 1.165) is 25.2 Å². The maximum absolute atomic E-state index is 13.2. The summed E-state index contributed by atoms with van der Waals surface area (Å²) >= 11 is 1.30. The van der Waals surface area contributed by atoms with Gasteiger partial charge in [-0.3, -0.25) is 4.31 Å². The van der Waals surface area contributed by atoms with E-state index in [-0.39, 0.29) is 6.04 Å². The molecule has 0 spiro atoms. The van der Waals surface area contributed by atoms with Crippen molar-refractivity contribution in [3.8, 4) is 0 Å². The SMILES string of the molecule is Cc1ccc2c(c1)[C@@H]1C[NH+](C)CC[C@@H]1N2S(=O)(=O)c1cccs1. The van der Waals surface area contributed by atoms with Gasteiger partial charge in [0, 0.05) is 6.42 Å². The van der Waals surface area contributed by atoms with Crippen LogP contribution >= 0.6 is 11.3 Å². The van der Waals surface area contributed by atoms with Crippen molar-refractivity contribution in [2.75, 3.05) is 24.4 Å². The lowest BCUT2D eigenvalue weighted by atomic mass is 9.89. The molecule has 1 saturated heterocycles. The predicted octanol–water partition coefficient (Wildman–Crippen LogP) is 1.64. The zero-order valence-electron chi connectivity index (χ0n) is 13.3. The molecule has 1 aromatic carbocycles. The van der Waals surface area contributed by atoms with Crippen molar-refractivity contribution in [3.05, 3.63) is 46.8 Å². The first-order chi connectivity index (χ1) is 11.0. The van der Waals surface area contributed by atoms with Crippen LogP contribution in [-0.2, 0) is 10.0 Å². The first-order valence-corrected chi connectivity index (χ1v) is 10.3. The molecule has 122 valence electrons. The molecule has 1 aromatic heterocycles. The summed E-state index contributed by atoms with van der Waals surface area (Å²) < 4.78 is 28.6. The average Bonchev–Trinajstić information content (AvgIpc) is 3.13.